The Balaban J connectivity index is 1.78. The van der Waals surface area contributed by atoms with E-state index in [1.807, 2.05) is 13.8 Å². The lowest BCUT2D eigenvalue weighted by Gasteiger charge is -2.17. The molecule has 2 saturated carbocycles. The van der Waals surface area contributed by atoms with Crippen LogP contribution in [0.2, 0.25) is 0 Å². The third-order valence-electron chi connectivity index (χ3n) is 5.45. The van der Waals surface area contributed by atoms with E-state index in [0.717, 1.165) is 30.2 Å². The summed E-state index contributed by atoms with van der Waals surface area (Å²) >= 11 is 0. The van der Waals surface area contributed by atoms with Crippen LogP contribution >= 0.6 is 0 Å². The van der Waals surface area contributed by atoms with Gasteiger partial charge in [0.2, 0.25) is 11.8 Å². The lowest BCUT2D eigenvalue weighted by atomic mass is 10.2. The fourth-order valence-electron chi connectivity index (χ4n) is 3.47. The second kappa shape index (κ2) is 7.62. The first kappa shape index (κ1) is 20.2. The van der Waals surface area contributed by atoms with Crippen LogP contribution in [0.3, 0.4) is 0 Å². The molecular weight excluding hydrogens is 386 g/mol. The van der Waals surface area contributed by atoms with Gasteiger partial charge in [0.1, 0.15) is 5.65 Å². The maximum Gasteiger partial charge on any atom is 0.291 e. The van der Waals surface area contributed by atoms with Gasteiger partial charge in [-0.2, -0.15) is 9.61 Å². The molecule has 9 heteroatoms. The fraction of sp³-hybridized carbons (Fsp3) is 0.524. The predicted molar refractivity (Wildman–Crippen MR) is 111 cm³/mol. The summed E-state index contributed by atoms with van der Waals surface area (Å²) in [7, 11) is 1.77. The zero-order valence-corrected chi connectivity index (χ0v) is 17.5. The molecule has 0 saturated heterocycles. The fourth-order valence-corrected chi connectivity index (χ4v) is 3.47. The molecule has 2 aromatic rings. The molecule has 2 heterocycles. The standard InChI is InChI=1S/C21H27N5O4/c1-12(2)11-25-19-13(4-9-16(27)24(3)15-7-8-15)10-22-26(19)21(30)17(20(25)29)18(28)23-14-5-6-14/h4,9-10,12,14-15,29H,5-8,11H2,1-3H3,(H,23,28)/b9-4+. The summed E-state index contributed by atoms with van der Waals surface area (Å²) < 4.78 is 2.65. The molecule has 0 unspecified atom stereocenters. The molecule has 2 amide bonds. The summed E-state index contributed by atoms with van der Waals surface area (Å²) in [6, 6.07) is 0.345. The molecule has 4 rings (SSSR count). The van der Waals surface area contributed by atoms with E-state index < -0.39 is 11.5 Å². The van der Waals surface area contributed by atoms with Crippen molar-refractivity contribution in [2.75, 3.05) is 7.05 Å². The molecule has 0 atom stereocenters. The van der Waals surface area contributed by atoms with E-state index in [0.29, 0.717) is 23.8 Å². The highest BCUT2D eigenvalue weighted by Crippen LogP contribution is 2.26. The van der Waals surface area contributed by atoms with E-state index in [2.05, 4.69) is 10.4 Å². The van der Waals surface area contributed by atoms with Crippen molar-refractivity contribution in [3.63, 3.8) is 0 Å². The van der Waals surface area contributed by atoms with Gasteiger partial charge in [-0.3, -0.25) is 19.0 Å². The maximum absolute atomic E-state index is 13.0. The van der Waals surface area contributed by atoms with Crippen molar-refractivity contribution in [3.8, 4) is 5.88 Å². The molecule has 2 aliphatic carbocycles. The van der Waals surface area contributed by atoms with Gasteiger partial charge in [-0.05, 0) is 37.7 Å². The normalized spacial score (nSPS) is 16.5. The van der Waals surface area contributed by atoms with E-state index in [-0.39, 0.29) is 29.3 Å². The zero-order valence-electron chi connectivity index (χ0n) is 17.5. The number of likely N-dealkylation sites (N-methyl/N-ethyl adjacent to an activating group) is 1. The number of amides is 2. The number of aromatic nitrogens is 3. The Labute approximate surface area is 174 Å². The van der Waals surface area contributed by atoms with Crippen LogP contribution in [0.15, 0.2) is 17.1 Å². The van der Waals surface area contributed by atoms with Crippen LogP contribution in [-0.2, 0) is 11.3 Å². The minimum Gasteiger partial charge on any atom is -0.494 e. The molecule has 0 bridgehead atoms. The van der Waals surface area contributed by atoms with Gasteiger partial charge in [-0.15, -0.1) is 0 Å². The van der Waals surface area contributed by atoms with E-state index in [9.17, 15) is 19.5 Å². The lowest BCUT2D eigenvalue weighted by molar-refractivity contribution is -0.125. The van der Waals surface area contributed by atoms with Crippen molar-refractivity contribution in [1.82, 2.24) is 24.4 Å². The minimum absolute atomic E-state index is 0.0520. The van der Waals surface area contributed by atoms with Crippen LogP contribution in [0.5, 0.6) is 5.88 Å². The molecule has 9 nitrogen and oxygen atoms in total. The van der Waals surface area contributed by atoms with Gasteiger partial charge in [0.05, 0.1) is 6.20 Å². The van der Waals surface area contributed by atoms with Crippen LogP contribution in [-0.4, -0.2) is 55.1 Å². The van der Waals surface area contributed by atoms with Gasteiger partial charge in [0, 0.05) is 37.3 Å². The first-order valence-corrected chi connectivity index (χ1v) is 10.4. The Morgan fingerprint density at radius 2 is 2.03 bits per heavy atom. The van der Waals surface area contributed by atoms with Crippen LogP contribution in [0.25, 0.3) is 11.7 Å². The van der Waals surface area contributed by atoms with Crippen LogP contribution in [0.1, 0.15) is 55.5 Å². The summed E-state index contributed by atoms with van der Waals surface area (Å²) in [4.78, 5) is 39.6. The maximum atomic E-state index is 13.0. The van der Waals surface area contributed by atoms with E-state index in [1.54, 1.807) is 18.0 Å². The average Bonchev–Trinajstić information content (AvgIpc) is 3.61. The van der Waals surface area contributed by atoms with E-state index in [4.69, 9.17) is 0 Å². The van der Waals surface area contributed by atoms with Gasteiger partial charge in [-0.1, -0.05) is 13.8 Å². The Bertz CT molecular complexity index is 1090. The predicted octanol–water partition coefficient (Wildman–Crippen LogP) is 1.38. The van der Waals surface area contributed by atoms with Gasteiger partial charge in [0.25, 0.3) is 11.5 Å². The summed E-state index contributed by atoms with van der Waals surface area (Å²) in [5, 5.41) is 17.8. The van der Waals surface area contributed by atoms with Crippen LogP contribution < -0.4 is 10.9 Å². The number of rotatable bonds is 7. The average molecular weight is 413 g/mol. The smallest absolute Gasteiger partial charge is 0.291 e. The lowest BCUT2D eigenvalue weighted by Crippen LogP contribution is -2.34. The third-order valence-corrected chi connectivity index (χ3v) is 5.45. The van der Waals surface area contributed by atoms with E-state index in [1.165, 1.54) is 16.8 Å². The Hall–Kier alpha value is -3.10. The monoisotopic (exact) mass is 413 g/mol. The molecule has 2 N–H and O–H groups in total. The highest BCUT2D eigenvalue weighted by atomic mass is 16.3. The highest BCUT2D eigenvalue weighted by molar-refractivity contribution is 5.97. The molecule has 2 aliphatic rings. The van der Waals surface area contributed by atoms with Crippen molar-refractivity contribution in [2.24, 2.45) is 5.92 Å². The van der Waals surface area contributed by atoms with Crippen molar-refractivity contribution in [1.29, 1.82) is 0 Å². The van der Waals surface area contributed by atoms with Gasteiger partial charge >= 0.3 is 0 Å². The second-order valence-corrected chi connectivity index (χ2v) is 8.60. The summed E-state index contributed by atoms with van der Waals surface area (Å²) in [6.07, 6.45) is 8.29. The molecule has 2 aromatic heterocycles. The number of aromatic hydroxyl groups is 1. The number of nitrogens with one attached hydrogen (secondary N) is 1. The van der Waals surface area contributed by atoms with Crippen molar-refractivity contribution < 1.29 is 14.7 Å². The second-order valence-electron chi connectivity index (χ2n) is 8.60. The molecule has 0 radical (unpaired) electrons. The Kier molecular flexibility index (Phi) is 5.13. The SMILES string of the molecule is CC(C)Cn1c(O)c(C(=O)NC2CC2)c(=O)n2ncc(/C=C/C(=O)N(C)C3CC3)c12. The quantitative estimate of drug-likeness (QED) is 0.667. The number of carbonyl (C=O) groups excluding carboxylic acids is 2. The number of hydrogen-bond acceptors (Lipinski definition) is 5. The summed E-state index contributed by atoms with van der Waals surface area (Å²) in [6.45, 7) is 4.32. The number of nitrogens with zero attached hydrogens (tertiary/aromatic N) is 4. The molecule has 0 aromatic carbocycles. The van der Waals surface area contributed by atoms with Gasteiger partial charge in [0.15, 0.2) is 5.56 Å². The van der Waals surface area contributed by atoms with Crippen LogP contribution in [0, 0.1) is 5.92 Å². The third kappa shape index (κ3) is 3.83. The highest BCUT2D eigenvalue weighted by Gasteiger charge is 2.30. The van der Waals surface area contributed by atoms with E-state index >= 15 is 0 Å². The topological polar surface area (TPSA) is 109 Å². The number of fused-ring (bicyclic) bond motifs is 1. The van der Waals surface area contributed by atoms with Crippen molar-refractivity contribution in [3.05, 3.63) is 33.8 Å². The van der Waals surface area contributed by atoms with Crippen LogP contribution in [0.4, 0.5) is 0 Å². The van der Waals surface area contributed by atoms with Crippen molar-refractivity contribution >= 4 is 23.5 Å². The van der Waals surface area contributed by atoms with Crippen molar-refractivity contribution in [2.45, 2.75) is 58.2 Å². The number of hydrogen-bond donors (Lipinski definition) is 2. The minimum atomic E-state index is -0.679. The summed E-state index contributed by atoms with van der Waals surface area (Å²) in [5.41, 5.74) is -0.109. The zero-order chi connectivity index (χ0) is 21.6. The molecule has 0 aliphatic heterocycles. The molecule has 0 spiro atoms. The Morgan fingerprint density at radius 3 is 2.63 bits per heavy atom. The molecular formula is C21H27N5O4. The molecule has 160 valence electrons. The first-order chi connectivity index (χ1) is 14.3. The Morgan fingerprint density at radius 1 is 1.33 bits per heavy atom. The largest absolute Gasteiger partial charge is 0.494 e. The summed E-state index contributed by atoms with van der Waals surface area (Å²) in [5.74, 6) is -0.959. The molecule has 30 heavy (non-hydrogen) atoms. The van der Waals surface area contributed by atoms with Gasteiger partial charge in [-0.25, -0.2) is 0 Å². The molecule has 2 fully saturated rings. The number of carbonyl (C=O) groups is 2. The van der Waals surface area contributed by atoms with Gasteiger partial charge < -0.3 is 15.3 Å². The first-order valence-electron chi connectivity index (χ1n) is 10.4.